The van der Waals surface area contributed by atoms with E-state index in [0.29, 0.717) is 18.5 Å². The van der Waals surface area contributed by atoms with Gasteiger partial charge < -0.3 is 9.63 Å². The number of carbonyl (C=O) groups is 1. The molecule has 0 bridgehead atoms. The van der Waals surface area contributed by atoms with E-state index >= 15 is 0 Å². The zero-order valence-corrected chi connectivity index (χ0v) is 12.6. The minimum absolute atomic E-state index is 0.106. The summed E-state index contributed by atoms with van der Waals surface area (Å²) in [5, 5.41) is 12.2. The van der Waals surface area contributed by atoms with Crippen molar-refractivity contribution in [1.29, 1.82) is 0 Å². The van der Waals surface area contributed by atoms with Crippen LogP contribution in [0.3, 0.4) is 0 Å². The topological polar surface area (TPSA) is 148 Å². The van der Waals surface area contributed by atoms with Crippen molar-refractivity contribution < 1.29 is 22.8 Å². The van der Waals surface area contributed by atoms with E-state index in [-0.39, 0.29) is 11.7 Å². The van der Waals surface area contributed by atoms with E-state index in [1.165, 1.54) is 18.6 Å². The number of nitrogens with one attached hydrogen (secondary N) is 1. The lowest BCUT2D eigenvalue weighted by atomic mass is 10.2. The summed E-state index contributed by atoms with van der Waals surface area (Å²) >= 11 is 0. The van der Waals surface area contributed by atoms with Gasteiger partial charge in [-0.25, -0.2) is 18.1 Å². The molecule has 2 aromatic rings. The fraction of sp³-hybridized carbons (Fsp3) is 0.417. The summed E-state index contributed by atoms with van der Waals surface area (Å²) in [5.41, 5.74) is 0.335. The summed E-state index contributed by atoms with van der Waals surface area (Å²) in [6.07, 6.45) is 4.94. The molecule has 0 aliphatic heterocycles. The molecular weight excluding hydrogens is 326 g/mol. The summed E-state index contributed by atoms with van der Waals surface area (Å²) in [5.74, 6) is -1.21. The van der Waals surface area contributed by atoms with Crippen LogP contribution >= 0.6 is 0 Å². The molecule has 0 saturated heterocycles. The van der Waals surface area contributed by atoms with Crippen LogP contribution in [0.5, 0.6) is 0 Å². The molecule has 3 rings (SSSR count). The molecule has 2 heterocycles. The molecule has 0 spiro atoms. The van der Waals surface area contributed by atoms with Gasteiger partial charge in [-0.05, 0) is 12.8 Å². The molecular formula is C12H13N5O5S. The van der Waals surface area contributed by atoms with Crippen LogP contribution in [0.15, 0.2) is 23.1 Å². The van der Waals surface area contributed by atoms with E-state index in [2.05, 4.69) is 24.8 Å². The average molecular weight is 339 g/mol. The molecule has 11 heteroatoms. The normalized spacial score (nSPS) is 16.2. The molecule has 1 fully saturated rings. The second kappa shape index (κ2) is 6.01. The molecule has 1 aliphatic rings. The Bertz CT molecular complexity index is 802. The van der Waals surface area contributed by atoms with E-state index < -0.39 is 33.7 Å². The van der Waals surface area contributed by atoms with Crippen molar-refractivity contribution >= 4 is 16.0 Å². The monoisotopic (exact) mass is 339 g/mol. The average Bonchev–Trinajstić information content (AvgIpc) is 3.25. The van der Waals surface area contributed by atoms with Crippen molar-refractivity contribution in [1.82, 2.24) is 24.8 Å². The molecule has 0 radical (unpaired) electrons. The van der Waals surface area contributed by atoms with Crippen LogP contribution in [0.1, 0.15) is 31.2 Å². The maximum absolute atomic E-state index is 12.0. The van der Waals surface area contributed by atoms with Gasteiger partial charge in [-0.3, -0.25) is 9.78 Å². The van der Waals surface area contributed by atoms with Crippen molar-refractivity contribution in [3.63, 3.8) is 0 Å². The number of aliphatic carboxylic acids is 1. The van der Waals surface area contributed by atoms with Crippen molar-refractivity contribution in [2.75, 3.05) is 0 Å². The summed E-state index contributed by atoms with van der Waals surface area (Å²) in [6.45, 7) is 0. The quantitative estimate of drug-likeness (QED) is 0.717. The molecule has 0 unspecified atom stereocenters. The third-order valence-electron chi connectivity index (χ3n) is 3.18. The molecule has 2 aromatic heterocycles. The highest BCUT2D eigenvalue weighted by Gasteiger charge is 2.38. The molecule has 2 N–H and O–H groups in total. The van der Waals surface area contributed by atoms with Crippen LogP contribution < -0.4 is 4.72 Å². The predicted molar refractivity (Wildman–Crippen MR) is 75.4 cm³/mol. The Morgan fingerprint density at radius 1 is 1.43 bits per heavy atom. The number of rotatable bonds is 7. The Hall–Kier alpha value is -2.40. The van der Waals surface area contributed by atoms with Crippen molar-refractivity contribution in [3.8, 4) is 11.5 Å². The van der Waals surface area contributed by atoms with E-state index in [1.807, 2.05) is 0 Å². The minimum atomic E-state index is -3.60. The van der Waals surface area contributed by atoms with Crippen molar-refractivity contribution in [2.45, 2.75) is 30.6 Å². The molecule has 1 saturated carbocycles. The Morgan fingerprint density at radius 2 is 2.22 bits per heavy atom. The van der Waals surface area contributed by atoms with Gasteiger partial charge >= 0.3 is 5.97 Å². The standard InChI is InChI=1S/C12H13N5O5S/c18-10(19)5-8(17-23(20,21)7-1-2-7)12-15-11(16-22-12)9-6-13-3-4-14-9/h3-4,6-8,17H,1-2,5H2,(H,18,19)/t8-/m0/s1. The van der Waals surface area contributed by atoms with E-state index in [1.54, 1.807) is 0 Å². The summed E-state index contributed by atoms with van der Waals surface area (Å²) in [7, 11) is -3.60. The van der Waals surface area contributed by atoms with Crippen molar-refractivity contribution in [2.24, 2.45) is 0 Å². The molecule has 23 heavy (non-hydrogen) atoms. The number of nitrogens with zero attached hydrogens (tertiary/aromatic N) is 4. The number of sulfonamides is 1. The lowest BCUT2D eigenvalue weighted by molar-refractivity contribution is -0.137. The van der Waals surface area contributed by atoms with E-state index in [4.69, 9.17) is 9.63 Å². The van der Waals surface area contributed by atoms with E-state index in [9.17, 15) is 13.2 Å². The first kappa shape index (κ1) is 15.5. The molecule has 10 nitrogen and oxygen atoms in total. The third kappa shape index (κ3) is 3.68. The zero-order valence-electron chi connectivity index (χ0n) is 11.8. The Labute approximate surface area is 131 Å². The smallest absolute Gasteiger partial charge is 0.305 e. The second-order valence-corrected chi connectivity index (χ2v) is 7.05. The zero-order chi connectivity index (χ0) is 16.4. The van der Waals surface area contributed by atoms with Crippen LogP contribution in [-0.4, -0.2) is 44.9 Å². The molecule has 0 aromatic carbocycles. The second-order valence-electron chi connectivity index (χ2n) is 5.06. The summed E-state index contributed by atoms with van der Waals surface area (Å²) in [4.78, 5) is 22.9. The largest absolute Gasteiger partial charge is 0.481 e. The van der Waals surface area contributed by atoms with Gasteiger partial charge in [-0.1, -0.05) is 5.16 Å². The lowest BCUT2D eigenvalue weighted by Gasteiger charge is -2.12. The number of carboxylic acids is 1. The fourth-order valence-electron chi connectivity index (χ4n) is 1.92. The van der Waals surface area contributed by atoms with Gasteiger partial charge in [-0.2, -0.15) is 4.98 Å². The van der Waals surface area contributed by atoms with Gasteiger partial charge in [0.05, 0.1) is 17.9 Å². The number of aromatic nitrogens is 4. The van der Waals surface area contributed by atoms with E-state index in [0.717, 1.165) is 0 Å². The van der Waals surface area contributed by atoms with Crippen LogP contribution in [0.25, 0.3) is 11.5 Å². The molecule has 1 atom stereocenters. The SMILES string of the molecule is O=C(O)C[C@H](NS(=O)(=O)C1CC1)c1nc(-c2cnccn2)no1. The highest BCUT2D eigenvalue weighted by Crippen LogP contribution is 2.30. The van der Waals surface area contributed by atoms with Crippen LogP contribution in [-0.2, 0) is 14.8 Å². The van der Waals surface area contributed by atoms with Crippen LogP contribution in [0.4, 0.5) is 0 Å². The third-order valence-corrected chi connectivity index (χ3v) is 5.14. The Morgan fingerprint density at radius 3 is 2.83 bits per heavy atom. The molecule has 0 amide bonds. The first-order valence-electron chi connectivity index (χ1n) is 6.78. The number of carboxylic acid groups (broad SMARTS) is 1. The lowest BCUT2D eigenvalue weighted by Crippen LogP contribution is -2.33. The number of hydrogen-bond donors (Lipinski definition) is 2. The predicted octanol–water partition coefficient (Wildman–Crippen LogP) is 0.124. The van der Waals surface area contributed by atoms with Gasteiger partial charge in [-0.15, -0.1) is 0 Å². The van der Waals surface area contributed by atoms with Gasteiger partial charge in [0.1, 0.15) is 11.7 Å². The highest BCUT2D eigenvalue weighted by atomic mass is 32.2. The maximum Gasteiger partial charge on any atom is 0.305 e. The van der Waals surface area contributed by atoms with Gasteiger partial charge in [0.25, 0.3) is 0 Å². The Balaban J connectivity index is 1.85. The first-order valence-corrected chi connectivity index (χ1v) is 8.33. The van der Waals surface area contributed by atoms with Gasteiger partial charge in [0.2, 0.25) is 21.7 Å². The summed E-state index contributed by atoms with van der Waals surface area (Å²) < 4.78 is 31.4. The molecule has 122 valence electrons. The minimum Gasteiger partial charge on any atom is -0.481 e. The summed E-state index contributed by atoms with van der Waals surface area (Å²) in [6, 6.07) is -1.13. The fourth-order valence-corrected chi connectivity index (χ4v) is 3.45. The van der Waals surface area contributed by atoms with Crippen LogP contribution in [0, 0.1) is 0 Å². The highest BCUT2D eigenvalue weighted by molar-refractivity contribution is 7.90. The van der Waals surface area contributed by atoms with Crippen LogP contribution in [0.2, 0.25) is 0 Å². The number of hydrogen-bond acceptors (Lipinski definition) is 8. The van der Waals surface area contributed by atoms with Gasteiger partial charge in [0, 0.05) is 12.4 Å². The Kier molecular flexibility index (Phi) is 4.05. The maximum atomic E-state index is 12.0. The van der Waals surface area contributed by atoms with Gasteiger partial charge in [0.15, 0.2) is 0 Å². The van der Waals surface area contributed by atoms with Crippen molar-refractivity contribution in [3.05, 3.63) is 24.5 Å². The first-order chi connectivity index (χ1) is 11.0. The molecule has 1 aliphatic carbocycles.